The van der Waals surface area contributed by atoms with Gasteiger partial charge in [-0.25, -0.2) is 9.97 Å². The smallest absolute Gasteiger partial charge is 0.404 e. The Morgan fingerprint density at radius 2 is 1.66 bits per heavy atom. The second-order valence-corrected chi connectivity index (χ2v) is 6.47. The van der Waals surface area contributed by atoms with Crippen LogP contribution in [0.4, 0.5) is 24.8 Å². The van der Waals surface area contributed by atoms with Crippen LogP contribution in [0.3, 0.4) is 0 Å². The number of benzene rings is 1. The lowest BCUT2D eigenvalue weighted by Crippen LogP contribution is -2.25. The first-order valence-corrected chi connectivity index (χ1v) is 9.29. The first-order valence-electron chi connectivity index (χ1n) is 9.29. The fourth-order valence-corrected chi connectivity index (χ4v) is 2.76. The normalized spacial score (nSPS) is 12.3. The van der Waals surface area contributed by atoms with Gasteiger partial charge < -0.3 is 22.1 Å². The molecule has 0 saturated carbocycles. The summed E-state index contributed by atoms with van der Waals surface area (Å²) in [5.41, 5.74) is 12.4. The summed E-state index contributed by atoms with van der Waals surface area (Å²) < 4.78 is 38.0. The molecule has 6 N–H and O–H groups in total. The van der Waals surface area contributed by atoms with E-state index in [1.54, 1.807) is 0 Å². The van der Waals surface area contributed by atoms with Crippen molar-refractivity contribution in [1.82, 2.24) is 15.3 Å². The predicted octanol–water partition coefficient (Wildman–Crippen LogP) is 3.77. The number of nitrogens with zero attached hydrogens (tertiary/aromatic N) is 2. The number of amides is 1. The van der Waals surface area contributed by atoms with Gasteiger partial charge in [0.05, 0.1) is 11.3 Å². The third-order valence-electron chi connectivity index (χ3n) is 4.33. The summed E-state index contributed by atoms with van der Waals surface area (Å²) in [7, 11) is 0. The van der Waals surface area contributed by atoms with Crippen molar-refractivity contribution in [3.05, 3.63) is 102 Å². The van der Waals surface area contributed by atoms with Crippen LogP contribution in [0.2, 0.25) is 0 Å². The van der Waals surface area contributed by atoms with Gasteiger partial charge in [-0.3, -0.25) is 4.79 Å². The molecule has 0 saturated heterocycles. The molecule has 2 aromatic heterocycles. The molecule has 0 fully saturated rings. The molecule has 7 nitrogen and oxygen atoms in total. The van der Waals surface area contributed by atoms with Crippen LogP contribution in [0.1, 0.15) is 21.5 Å². The van der Waals surface area contributed by atoms with E-state index in [2.05, 4.69) is 20.6 Å². The van der Waals surface area contributed by atoms with Crippen molar-refractivity contribution in [3.63, 3.8) is 0 Å². The number of carbonyl (C=O) groups excluding carboxylic acids is 1. The lowest BCUT2D eigenvalue weighted by atomic mass is 10.0. The topological polar surface area (TPSA) is 119 Å². The lowest BCUT2D eigenvalue weighted by Gasteiger charge is -2.14. The van der Waals surface area contributed by atoms with Crippen LogP contribution in [-0.2, 0) is 6.18 Å². The van der Waals surface area contributed by atoms with Gasteiger partial charge in [0.2, 0.25) is 0 Å². The first-order chi connectivity index (χ1) is 15.3. The van der Waals surface area contributed by atoms with Crippen molar-refractivity contribution in [2.24, 2.45) is 11.5 Å². The Morgan fingerprint density at radius 1 is 0.906 bits per heavy atom. The minimum atomic E-state index is -4.48. The molecule has 1 aromatic carbocycles. The third kappa shape index (κ3) is 5.42. The zero-order valence-corrected chi connectivity index (χ0v) is 16.6. The van der Waals surface area contributed by atoms with E-state index in [-0.39, 0.29) is 17.2 Å². The molecule has 3 aromatic rings. The van der Waals surface area contributed by atoms with E-state index in [0.717, 1.165) is 11.6 Å². The van der Waals surface area contributed by atoms with Crippen molar-refractivity contribution >= 4 is 23.1 Å². The highest BCUT2D eigenvalue weighted by atomic mass is 19.4. The molecule has 0 spiro atoms. The number of hydrogen-bond acceptors (Lipinski definition) is 6. The Balaban J connectivity index is 1.75. The summed E-state index contributed by atoms with van der Waals surface area (Å²) in [5, 5.41) is 5.47. The van der Waals surface area contributed by atoms with Gasteiger partial charge in [-0.05, 0) is 29.8 Å². The molecular weight excluding hydrogens is 421 g/mol. The number of aromatic nitrogens is 2. The van der Waals surface area contributed by atoms with Gasteiger partial charge in [-0.1, -0.05) is 30.3 Å². The Kier molecular flexibility index (Phi) is 6.74. The maximum absolute atomic E-state index is 12.8. The van der Waals surface area contributed by atoms with E-state index >= 15 is 0 Å². The molecule has 0 aliphatic heterocycles. The minimum Gasteiger partial charge on any atom is -0.404 e. The van der Waals surface area contributed by atoms with E-state index in [9.17, 15) is 18.0 Å². The van der Waals surface area contributed by atoms with Crippen LogP contribution in [0, 0.1) is 0 Å². The molecule has 1 amide bonds. The standard InChI is InChI=1S/C22H19F3N6O/c23-22(24,25)16-6-7-19(29-13-16)31-20-10-15(8-9-28-20)21(32)30-18(12-27)17(11-26)14-4-2-1-3-5-14/h1-13H,26-27H2,(H,30,32)(H,28,29,31)/b17-11-,18-12+. The van der Waals surface area contributed by atoms with Gasteiger partial charge >= 0.3 is 6.18 Å². The Hall–Kier alpha value is -4.34. The fourth-order valence-electron chi connectivity index (χ4n) is 2.76. The van der Waals surface area contributed by atoms with E-state index in [1.165, 1.54) is 36.8 Å². The van der Waals surface area contributed by atoms with Gasteiger partial charge in [0, 0.05) is 35.9 Å². The van der Waals surface area contributed by atoms with Gasteiger partial charge in [-0.2, -0.15) is 13.2 Å². The number of hydrogen-bond donors (Lipinski definition) is 4. The molecule has 2 heterocycles. The van der Waals surface area contributed by atoms with E-state index in [4.69, 9.17) is 11.5 Å². The summed E-state index contributed by atoms with van der Waals surface area (Å²) in [6, 6.07) is 14.1. The van der Waals surface area contributed by atoms with Gasteiger partial charge in [0.1, 0.15) is 11.6 Å². The molecule has 0 aliphatic carbocycles. The fraction of sp³-hybridized carbons (Fsp3) is 0.0455. The van der Waals surface area contributed by atoms with Crippen LogP contribution in [0.15, 0.2) is 85.1 Å². The maximum Gasteiger partial charge on any atom is 0.417 e. The minimum absolute atomic E-state index is 0.142. The molecular formula is C22H19F3N6O. The van der Waals surface area contributed by atoms with E-state index in [0.29, 0.717) is 17.5 Å². The van der Waals surface area contributed by atoms with Crippen LogP contribution in [0.25, 0.3) is 5.57 Å². The summed E-state index contributed by atoms with van der Waals surface area (Å²) in [6.07, 6.45) is 0.179. The number of alkyl halides is 3. The van der Waals surface area contributed by atoms with Gasteiger partial charge in [0.25, 0.3) is 5.91 Å². The van der Waals surface area contributed by atoms with Crippen LogP contribution >= 0.6 is 0 Å². The number of halogens is 3. The Bertz CT molecular complexity index is 1140. The van der Waals surface area contributed by atoms with E-state index in [1.807, 2.05) is 30.3 Å². The summed E-state index contributed by atoms with van der Waals surface area (Å²) in [4.78, 5) is 20.5. The maximum atomic E-state index is 12.8. The highest BCUT2D eigenvalue weighted by Crippen LogP contribution is 2.29. The number of anilines is 2. The zero-order chi connectivity index (χ0) is 23.1. The van der Waals surface area contributed by atoms with Crippen molar-refractivity contribution in [3.8, 4) is 0 Å². The Morgan fingerprint density at radius 3 is 2.25 bits per heavy atom. The van der Waals surface area contributed by atoms with Gasteiger partial charge in [-0.15, -0.1) is 0 Å². The number of nitrogens with one attached hydrogen (secondary N) is 2. The lowest BCUT2D eigenvalue weighted by molar-refractivity contribution is -0.137. The molecule has 164 valence electrons. The average molecular weight is 440 g/mol. The second-order valence-electron chi connectivity index (χ2n) is 6.47. The Labute approximate surface area is 181 Å². The molecule has 0 bridgehead atoms. The summed E-state index contributed by atoms with van der Waals surface area (Å²) in [6.45, 7) is 0. The SMILES string of the molecule is N/C=C(\C(=C/N)NC(=O)c1ccnc(Nc2ccc(C(F)(F)F)cn2)c1)c1ccccc1. The third-order valence-corrected chi connectivity index (χ3v) is 4.33. The highest BCUT2D eigenvalue weighted by Gasteiger charge is 2.30. The number of allylic oxidation sites excluding steroid dienone is 1. The summed E-state index contributed by atoms with van der Waals surface area (Å²) in [5.74, 6) is -0.119. The van der Waals surface area contributed by atoms with Crippen molar-refractivity contribution in [2.75, 3.05) is 5.32 Å². The quantitative estimate of drug-likeness (QED) is 0.433. The van der Waals surface area contributed by atoms with Crippen molar-refractivity contribution < 1.29 is 18.0 Å². The average Bonchev–Trinajstić information content (AvgIpc) is 2.79. The molecule has 3 rings (SSSR count). The van der Waals surface area contributed by atoms with Crippen LogP contribution in [-0.4, -0.2) is 15.9 Å². The first kappa shape index (κ1) is 22.3. The summed E-state index contributed by atoms with van der Waals surface area (Å²) >= 11 is 0. The van der Waals surface area contributed by atoms with E-state index < -0.39 is 17.6 Å². The zero-order valence-electron chi connectivity index (χ0n) is 16.6. The van der Waals surface area contributed by atoms with Crippen molar-refractivity contribution in [2.45, 2.75) is 6.18 Å². The molecule has 0 radical (unpaired) electrons. The number of nitrogens with two attached hydrogens (primary N) is 2. The van der Waals surface area contributed by atoms with Crippen LogP contribution in [0.5, 0.6) is 0 Å². The highest BCUT2D eigenvalue weighted by molar-refractivity contribution is 5.98. The molecule has 32 heavy (non-hydrogen) atoms. The number of pyridine rings is 2. The molecule has 0 atom stereocenters. The number of carbonyl (C=O) groups is 1. The van der Waals surface area contributed by atoms with Gasteiger partial charge in [0.15, 0.2) is 0 Å². The molecule has 0 aliphatic rings. The monoisotopic (exact) mass is 440 g/mol. The van der Waals surface area contributed by atoms with Crippen LogP contribution < -0.4 is 22.1 Å². The second kappa shape index (κ2) is 9.65. The molecule has 0 unspecified atom stereocenters. The largest absolute Gasteiger partial charge is 0.417 e. The molecule has 10 heteroatoms. The number of rotatable bonds is 6. The van der Waals surface area contributed by atoms with Crippen molar-refractivity contribution in [1.29, 1.82) is 0 Å². The predicted molar refractivity (Wildman–Crippen MR) is 115 cm³/mol.